The molecule has 0 spiro atoms. The molecule has 0 saturated heterocycles. The molecule has 6 nitrogen and oxygen atoms in total. The zero-order valence-corrected chi connectivity index (χ0v) is 19.3. The Morgan fingerprint density at radius 3 is 2.58 bits per heavy atom. The van der Waals surface area contributed by atoms with Crippen molar-refractivity contribution in [2.45, 2.75) is 30.3 Å². The van der Waals surface area contributed by atoms with Gasteiger partial charge in [0.15, 0.2) is 5.16 Å². The number of nitrogens with one attached hydrogen (secondary N) is 1. The summed E-state index contributed by atoms with van der Waals surface area (Å²) in [6.07, 6.45) is 0.589. The van der Waals surface area contributed by atoms with E-state index >= 15 is 0 Å². The van der Waals surface area contributed by atoms with Crippen molar-refractivity contribution < 1.29 is 9.53 Å². The molecule has 3 aromatic carbocycles. The number of rotatable bonds is 8. The van der Waals surface area contributed by atoms with Crippen molar-refractivity contribution in [3.05, 3.63) is 94.8 Å². The summed E-state index contributed by atoms with van der Waals surface area (Å²) < 4.78 is 6.91. The minimum Gasteiger partial charge on any atom is -0.497 e. The Balaban J connectivity index is 1.70. The first-order chi connectivity index (χ1) is 16.1. The maximum atomic E-state index is 13.5. The quantitative estimate of drug-likeness (QED) is 0.308. The number of hydrogen-bond donors (Lipinski definition) is 1. The van der Waals surface area contributed by atoms with Crippen LogP contribution in [0.25, 0.3) is 16.6 Å². The molecule has 33 heavy (non-hydrogen) atoms. The van der Waals surface area contributed by atoms with E-state index < -0.39 is 5.25 Å². The van der Waals surface area contributed by atoms with E-state index in [1.807, 2.05) is 73.7 Å². The number of methoxy groups -OCH3 is 1. The van der Waals surface area contributed by atoms with Gasteiger partial charge in [0.25, 0.3) is 5.56 Å². The molecule has 168 valence electrons. The summed E-state index contributed by atoms with van der Waals surface area (Å²) >= 11 is 1.29. The molecule has 1 unspecified atom stereocenters. The van der Waals surface area contributed by atoms with E-state index in [1.165, 1.54) is 11.8 Å². The Kier molecular flexibility index (Phi) is 7.10. The van der Waals surface area contributed by atoms with Crippen molar-refractivity contribution in [3.8, 4) is 11.4 Å². The number of amides is 1. The van der Waals surface area contributed by atoms with Crippen LogP contribution < -0.4 is 15.6 Å². The molecule has 0 radical (unpaired) electrons. The van der Waals surface area contributed by atoms with Gasteiger partial charge in [-0.3, -0.25) is 14.2 Å². The number of aromatic nitrogens is 2. The van der Waals surface area contributed by atoms with Crippen LogP contribution in [0.5, 0.6) is 5.75 Å². The number of carbonyl (C=O) groups excluding carboxylic acids is 1. The van der Waals surface area contributed by atoms with Crippen molar-refractivity contribution in [2.24, 2.45) is 0 Å². The minimum atomic E-state index is -0.404. The lowest BCUT2D eigenvalue weighted by atomic mass is 10.2. The maximum absolute atomic E-state index is 13.5. The Hall–Kier alpha value is -3.58. The van der Waals surface area contributed by atoms with E-state index in [0.717, 1.165) is 5.56 Å². The molecule has 4 rings (SSSR count). The molecule has 0 bridgehead atoms. The average Bonchev–Trinajstić information content (AvgIpc) is 2.86. The first kappa shape index (κ1) is 22.6. The third kappa shape index (κ3) is 5.09. The van der Waals surface area contributed by atoms with Gasteiger partial charge in [-0.2, -0.15) is 0 Å². The number of para-hydroxylation sites is 1. The fraction of sp³-hybridized carbons (Fsp3) is 0.192. The van der Waals surface area contributed by atoms with E-state index in [4.69, 9.17) is 9.72 Å². The van der Waals surface area contributed by atoms with E-state index in [1.54, 1.807) is 23.8 Å². The zero-order chi connectivity index (χ0) is 23.2. The molecule has 1 atom stereocenters. The van der Waals surface area contributed by atoms with Crippen LogP contribution in [0.3, 0.4) is 0 Å². The highest BCUT2D eigenvalue weighted by atomic mass is 32.2. The van der Waals surface area contributed by atoms with Gasteiger partial charge in [0.05, 0.1) is 29.0 Å². The molecule has 0 saturated carbocycles. The summed E-state index contributed by atoms with van der Waals surface area (Å²) in [5.41, 5.74) is 2.09. The number of carbonyl (C=O) groups is 1. The van der Waals surface area contributed by atoms with Gasteiger partial charge < -0.3 is 10.1 Å². The van der Waals surface area contributed by atoms with Crippen LogP contribution in [-0.4, -0.2) is 27.8 Å². The summed E-state index contributed by atoms with van der Waals surface area (Å²) in [4.78, 5) is 31.2. The normalized spacial score (nSPS) is 11.8. The van der Waals surface area contributed by atoms with Gasteiger partial charge in [-0.25, -0.2) is 4.98 Å². The van der Waals surface area contributed by atoms with Crippen molar-refractivity contribution in [1.29, 1.82) is 0 Å². The lowest BCUT2D eigenvalue weighted by molar-refractivity contribution is -0.120. The van der Waals surface area contributed by atoms with Gasteiger partial charge in [0.1, 0.15) is 5.75 Å². The van der Waals surface area contributed by atoms with Crippen LogP contribution in [0.1, 0.15) is 18.9 Å². The third-order valence-corrected chi connectivity index (χ3v) is 6.59. The number of benzene rings is 3. The molecule has 7 heteroatoms. The predicted octanol–water partition coefficient (Wildman–Crippen LogP) is 4.58. The predicted molar refractivity (Wildman–Crippen MR) is 132 cm³/mol. The van der Waals surface area contributed by atoms with E-state index in [9.17, 15) is 9.59 Å². The van der Waals surface area contributed by atoms with E-state index in [2.05, 4.69) is 5.32 Å². The van der Waals surface area contributed by atoms with Gasteiger partial charge in [-0.15, -0.1) is 0 Å². The molecule has 1 amide bonds. The van der Waals surface area contributed by atoms with Crippen molar-refractivity contribution in [2.75, 3.05) is 7.11 Å². The standard InChI is InChI=1S/C26H25N3O3S/c1-3-23(24(30)27-17-18-10-5-4-6-11-18)33-26-28-22-15-8-7-14-21(22)25(31)29(26)19-12-9-13-20(16-19)32-2/h4-16,23H,3,17H2,1-2H3,(H,27,30). The van der Waals surface area contributed by atoms with Crippen LogP contribution in [0.4, 0.5) is 0 Å². The highest BCUT2D eigenvalue weighted by Gasteiger charge is 2.22. The van der Waals surface area contributed by atoms with Crippen molar-refractivity contribution in [3.63, 3.8) is 0 Å². The van der Waals surface area contributed by atoms with Crippen LogP contribution in [0.2, 0.25) is 0 Å². The fourth-order valence-electron chi connectivity index (χ4n) is 3.52. The number of fused-ring (bicyclic) bond motifs is 1. The molecule has 0 aliphatic heterocycles. The molecular weight excluding hydrogens is 434 g/mol. The second kappa shape index (κ2) is 10.4. The van der Waals surface area contributed by atoms with Gasteiger partial charge in [-0.1, -0.05) is 67.2 Å². The minimum absolute atomic E-state index is 0.0917. The second-order valence-electron chi connectivity index (χ2n) is 7.47. The monoisotopic (exact) mass is 459 g/mol. The van der Waals surface area contributed by atoms with Crippen LogP contribution in [0, 0.1) is 0 Å². The highest BCUT2D eigenvalue weighted by Crippen LogP contribution is 2.28. The molecule has 4 aromatic rings. The molecule has 1 N–H and O–H groups in total. The Morgan fingerprint density at radius 2 is 1.82 bits per heavy atom. The smallest absolute Gasteiger partial charge is 0.266 e. The second-order valence-corrected chi connectivity index (χ2v) is 8.64. The van der Waals surface area contributed by atoms with Gasteiger partial charge in [0.2, 0.25) is 5.91 Å². The molecule has 0 aliphatic carbocycles. The maximum Gasteiger partial charge on any atom is 0.266 e. The number of nitrogens with zero attached hydrogens (tertiary/aromatic N) is 2. The van der Waals surface area contributed by atoms with Crippen LogP contribution >= 0.6 is 11.8 Å². The van der Waals surface area contributed by atoms with Crippen LogP contribution in [0.15, 0.2) is 88.8 Å². The third-order valence-electron chi connectivity index (χ3n) is 5.28. The molecule has 1 heterocycles. The topological polar surface area (TPSA) is 73.2 Å². The van der Waals surface area contributed by atoms with E-state index in [-0.39, 0.29) is 11.5 Å². The largest absolute Gasteiger partial charge is 0.497 e. The molecule has 0 aliphatic rings. The Labute approximate surface area is 196 Å². The first-order valence-corrected chi connectivity index (χ1v) is 11.6. The number of ether oxygens (including phenoxy) is 1. The summed E-state index contributed by atoms with van der Waals surface area (Å²) in [6, 6.07) is 24.3. The van der Waals surface area contributed by atoms with Gasteiger partial charge >= 0.3 is 0 Å². The lowest BCUT2D eigenvalue weighted by Crippen LogP contribution is -2.33. The highest BCUT2D eigenvalue weighted by molar-refractivity contribution is 8.00. The summed E-state index contributed by atoms with van der Waals surface area (Å²) in [5.74, 6) is 0.544. The lowest BCUT2D eigenvalue weighted by Gasteiger charge is -2.18. The molecule has 0 fully saturated rings. The summed E-state index contributed by atoms with van der Waals surface area (Å²) in [5, 5.41) is 3.59. The number of thioether (sulfide) groups is 1. The van der Waals surface area contributed by atoms with Crippen LogP contribution in [-0.2, 0) is 11.3 Å². The molecular formula is C26H25N3O3S. The molecule has 1 aromatic heterocycles. The SMILES string of the molecule is CCC(Sc1nc2ccccc2c(=O)n1-c1cccc(OC)c1)C(=O)NCc1ccccc1. The van der Waals surface area contributed by atoms with Gasteiger partial charge in [0, 0.05) is 12.6 Å². The average molecular weight is 460 g/mol. The van der Waals surface area contributed by atoms with Crippen molar-refractivity contribution >= 4 is 28.6 Å². The van der Waals surface area contributed by atoms with E-state index in [0.29, 0.717) is 40.5 Å². The Bertz CT molecular complexity index is 1320. The summed E-state index contributed by atoms with van der Waals surface area (Å²) in [6.45, 7) is 2.40. The van der Waals surface area contributed by atoms with Gasteiger partial charge in [-0.05, 0) is 36.2 Å². The zero-order valence-electron chi connectivity index (χ0n) is 18.5. The Morgan fingerprint density at radius 1 is 1.06 bits per heavy atom. The fourth-order valence-corrected chi connectivity index (χ4v) is 4.57. The number of hydrogen-bond acceptors (Lipinski definition) is 5. The summed E-state index contributed by atoms with van der Waals surface area (Å²) in [7, 11) is 1.58. The first-order valence-electron chi connectivity index (χ1n) is 10.7. The van der Waals surface area contributed by atoms with Crippen molar-refractivity contribution in [1.82, 2.24) is 14.9 Å².